The number of para-hydroxylation sites is 3. The van der Waals surface area contributed by atoms with Gasteiger partial charge in [0.25, 0.3) is 0 Å². The second kappa shape index (κ2) is 8.40. The van der Waals surface area contributed by atoms with Gasteiger partial charge in [-0.05, 0) is 0 Å². The van der Waals surface area contributed by atoms with Gasteiger partial charge in [-0.25, -0.2) is 0 Å². The van der Waals surface area contributed by atoms with Crippen LogP contribution in [0.4, 0.5) is 0 Å². The molecule has 0 amide bonds. The number of benzene rings is 3. The molecule has 3 aromatic rings. The molecule has 0 aliphatic rings. The van der Waals surface area contributed by atoms with Crippen LogP contribution in [0.3, 0.4) is 0 Å². The molecular formula is C21H21BrHfO3. The maximum atomic E-state index is 6.35. The van der Waals surface area contributed by atoms with E-state index in [-0.39, 0.29) is 0 Å². The van der Waals surface area contributed by atoms with Crippen molar-refractivity contribution < 1.29 is 27.5 Å². The third-order valence-corrected chi connectivity index (χ3v) is 12.9. The molecule has 0 aliphatic heterocycles. The summed E-state index contributed by atoms with van der Waals surface area (Å²) in [6, 6.07) is 23.7. The summed E-state index contributed by atoms with van der Waals surface area (Å²) >= 11 is -0.550. The molecule has 3 nitrogen and oxygen atoms in total. The Morgan fingerprint density at radius 3 is 1.08 bits per heavy atom. The summed E-state index contributed by atoms with van der Waals surface area (Å²) < 4.78 is 19.0. The molecule has 0 atom stereocenters. The molecule has 0 fully saturated rings. The predicted octanol–water partition coefficient (Wildman–Crippen LogP) is 6.36. The van der Waals surface area contributed by atoms with E-state index in [0.29, 0.717) is 0 Å². The second-order valence-electron chi connectivity index (χ2n) is 6.08. The Balaban J connectivity index is 1.96. The minimum absolute atomic E-state index is 0.771. The molecule has 0 saturated carbocycles. The van der Waals surface area contributed by atoms with E-state index in [1.54, 1.807) is 0 Å². The van der Waals surface area contributed by atoms with E-state index < -0.39 is 18.9 Å². The standard InChI is InChI=1S/3C7H8O.BrH.Hf/c3*1-6-4-2-3-5-7(6)8;;/h3*2-5,8H,1H3;1H;/q;;;;+4/p-4. The van der Waals surface area contributed by atoms with Crippen molar-refractivity contribution in [3.63, 3.8) is 0 Å². The van der Waals surface area contributed by atoms with Gasteiger partial charge in [-0.15, -0.1) is 0 Å². The van der Waals surface area contributed by atoms with Crippen LogP contribution >= 0.6 is 12.3 Å². The molecule has 0 heterocycles. The van der Waals surface area contributed by atoms with Crippen LogP contribution < -0.4 is 8.56 Å². The molecule has 3 rings (SSSR count). The van der Waals surface area contributed by atoms with Crippen molar-refractivity contribution in [2.24, 2.45) is 0 Å². The Bertz CT molecular complexity index is 782. The van der Waals surface area contributed by atoms with Gasteiger partial charge in [-0.3, -0.25) is 0 Å². The van der Waals surface area contributed by atoms with Gasteiger partial charge in [0.05, 0.1) is 0 Å². The molecule has 0 unspecified atom stereocenters. The Morgan fingerprint density at radius 2 is 0.808 bits per heavy atom. The van der Waals surface area contributed by atoms with Crippen molar-refractivity contribution >= 4 is 12.3 Å². The quantitative estimate of drug-likeness (QED) is 0.318. The third-order valence-electron chi connectivity index (χ3n) is 3.98. The zero-order valence-electron chi connectivity index (χ0n) is 15.0. The Labute approximate surface area is 166 Å². The van der Waals surface area contributed by atoms with Gasteiger partial charge in [0.2, 0.25) is 0 Å². The molecule has 0 radical (unpaired) electrons. The zero-order chi connectivity index (χ0) is 18.6. The molecule has 0 aromatic heterocycles. The van der Waals surface area contributed by atoms with Crippen molar-refractivity contribution in [2.45, 2.75) is 20.8 Å². The first-order valence-electron chi connectivity index (χ1n) is 8.40. The van der Waals surface area contributed by atoms with E-state index in [1.807, 2.05) is 93.6 Å². The van der Waals surface area contributed by atoms with Gasteiger partial charge >= 0.3 is 167 Å². The molecular weight excluding hydrogens is 559 g/mol. The van der Waals surface area contributed by atoms with Crippen LogP contribution in [0, 0.1) is 20.8 Å². The number of hydrogen-bond acceptors (Lipinski definition) is 3. The SMILES string of the molecule is Cc1ccccc1[O][Hf]([Br])([O]c1ccccc1C)[O]c1ccccc1C. The van der Waals surface area contributed by atoms with Crippen molar-refractivity contribution in [2.75, 3.05) is 0 Å². The van der Waals surface area contributed by atoms with Crippen LogP contribution in [0.2, 0.25) is 0 Å². The molecule has 0 saturated heterocycles. The average molecular weight is 580 g/mol. The fourth-order valence-corrected chi connectivity index (χ4v) is 12.5. The summed E-state index contributed by atoms with van der Waals surface area (Å²) in [6.07, 6.45) is 0. The summed E-state index contributed by atoms with van der Waals surface area (Å²) in [6.45, 7) is 6.04. The second-order valence-corrected chi connectivity index (χ2v) is 19.7. The Kier molecular flexibility index (Phi) is 6.20. The molecule has 0 N–H and O–H groups in total. The van der Waals surface area contributed by atoms with Crippen molar-refractivity contribution in [3.8, 4) is 17.2 Å². The molecule has 0 spiro atoms. The predicted molar refractivity (Wildman–Crippen MR) is 104 cm³/mol. The first-order valence-corrected chi connectivity index (χ1v) is 20.6. The Morgan fingerprint density at radius 1 is 0.538 bits per heavy atom. The molecule has 134 valence electrons. The van der Waals surface area contributed by atoms with E-state index >= 15 is 0 Å². The normalized spacial score (nSPS) is 11.1. The van der Waals surface area contributed by atoms with Crippen LogP contribution in [0.25, 0.3) is 0 Å². The summed E-state index contributed by atoms with van der Waals surface area (Å²) in [5.74, 6) is 2.31. The third kappa shape index (κ3) is 4.77. The topological polar surface area (TPSA) is 27.7 Å². The molecule has 3 aromatic carbocycles. The van der Waals surface area contributed by atoms with E-state index in [4.69, 9.17) is 8.56 Å². The van der Waals surface area contributed by atoms with Gasteiger partial charge in [-0.2, -0.15) is 0 Å². The fraction of sp³-hybridized carbons (Fsp3) is 0.143. The van der Waals surface area contributed by atoms with Gasteiger partial charge < -0.3 is 0 Å². The minimum atomic E-state index is -4.30. The van der Waals surface area contributed by atoms with Gasteiger partial charge in [0.1, 0.15) is 0 Å². The van der Waals surface area contributed by atoms with Crippen LogP contribution in [-0.2, 0) is 18.9 Å². The number of aryl methyl sites for hydroxylation is 3. The van der Waals surface area contributed by atoms with E-state index in [0.717, 1.165) is 33.9 Å². The molecule has 0 bridgehead atoms. The average Bonchev–Trinajstić information content (AvgIpc) is 2.61. The van der Waals surface area contributed by atoms with E-state index in [9.17, 15) is 0 Å². The first kappa shape index (κ1) is 19.2. The van der Waals surface area contributed by atoms with Crippen LogP contribution in [0.15, 0.2) is 72.8 Å². The summed E-state index contributed by atoms with van der Waals surface area (Å²) in [4.78, 5) is 0. The number of halogens is 1. The maximum absolute atomic E-state index is 6.35. The fourth-order valence-electron chi connectivity index (χ4n) is 2.47. The van der Waals surface area contributed by atoms with Gasteiger partial charge in [-0.1, -0.05) is 0 Å². The van der Waals surface area contributed by atoms with Crippen molar-refractivity contribution in [3.05, 3.63) is 89.5 Å². The molecule has 5 heteroatoms. The van der Waals surface area contributed by atoms with E-state index in [1.165, 1.54) is 0 Å². The van der Waals surface area contributed by atoms with Crippen molar-refractivity contribution in [1.29, 1.82) is 0 Å². The van der Waals surface area contributed by atoms with Crippen LogP contribution in [0.5, 0.6) is 17.2 Å². The summed E-state index contributed by atoms with van der Waals surface area (Å²) in [7, 11) is 0. The summed E-state index contributed by atoms with van der Waals surface area (Å²) in [5, 5.41) is 0. The zero-order valence-corrected chi connectivity index (χ0v) is 20.2. The van der Waals surface area contributed by atoms with Crippen molar-refractivity contribution in [1.82, 2.24) is 0 Å². The number of rotatable bonds is 6. The van der Waals surface area contributed by atoms with Crippen LogP contribution in [0.1, 0.15) is 16.7 Å². The first-order chi connectivity index (χ1) is 12.5. The van der Waals surface area contributed by atoms with E-state index in [2.05, 4.69) is 12.3 Å². The van der Waals surface area contributed by atoms with Crippen LogP contribution in [-0.4, -0.2) is 0 Å². The molecule has 26 heavy (non-hydrogen) atoms. The molecule has 0 aliphatic carbocycles. The number of hydrogen-bond donors (Lipinski definition) is 0. The van der Waals surface area contributed by atoms with Gasteiger partial charge in [0.15, 0.2) is 0 Å². The van der Waals surface area contributed by atoms with Gasteiger partial charge in [0, 0.05) is 0 Å². The monoisotopic (exact) mass is 580 g/mol. The summed E-state index contributed by atoms with van der Waals surface area (Å²) in [5.41, 5.74) is 3.12. The Hall–Kier alpha value is -1.59.